The minimum absolute atomic E-state index is 0.0109. The maximum Gasteiger partial charge on any atom is 0.264 e. The summed E-state index contributed by atoms with van der Waals surface area (Å²) in [6, 6.07) is 14.3. The average molecular weight is 737 g/mol. The maximum absolute atomic E-state index is 14.1. The second kappa shape index (κ2) is 15.4. The molecule has 1 N–H and O–H groups in total. The van der Waals surface area contributed by atoms with Gasteiger partial charge in [0.25, 0.3) is 10.0 Å². The van der Waals surface area contributed by atoms with Gasteiger partial charge in [0, 0.05) is 36.3 Å². The molecule has 3 heterocycles. The fourth-order valence-corrected chi connectivity index (χ4v) is 9.65. The number of rotatable bonds is 8. The van der Waals surface area contributed by atoms with Crippen molar-refractivity contribution in [2.24, 2.45) is 17.3 Å². The molecule has 10 heteroatoms. The number of nitrogens with zero attached hydrogens (tertiary/aromatic N) is 5. The molecule has 1 unspecified atom stereocenters. The van der Waals surface area contributed by atoms with Crippen molar-refractivity contribution in [1.29, 1.82) is 0 Å². The highest BCUT2D eigenvalue weighted by Gasteiger charge is 2.33. The van der Waals surface area contributed by atoms with Crippen molar-refractivity contribution in [3.8, 4) is 17.1 Å². The second-order valence-electron chi connectivity index (χ2n) is 17.0. The highest BCUT2D eigenvalue weighted by atomic mass is 32.2. The summed E-state index contributed by atoms with van der Waals surface area (Å²) in [7, 11) is -1.93. The van der Waals surface area contributed by atoms with Gasteiger partial charge in [0.15, 0.2) is 0 Å². The lowest BCUT2D eigenvalue weighted by Gasteiger charge is -2.36. The van der Waals surface area contributed by atoms with Crippen LogP contribution in [0.5, 0.6) is 5.88 Å². The number of fused-ring (bicyclic) bond motifs is 4. The number of ether oxygens (including phenoxy) is 1. The monoisotopic (exact) mass is 736 g/mol. The smallest absolute Gasteiger partial charge is 0.264 e. The van der Waals surface area contributed by atoms with Crippen molar-refractivity contribution in [2.75, 3.05) is 23.3 Å². The number of hydrogen-bond acceptors (Lipinski definition) is 8. The Labute approximate surface area is 316 Å². The molecule has 2 aliphatic carbocycles. The highest BCUT2D eigenvalue weighted by molar-refractivity contribution is 7.92. The number of anilines is 2. The van der Waals surface area contributed by atoms with Crippen LogP contribution in [-0.4, -0.2) is 48.1 Å². The molecule has 0 amide bonds. The van der Waals surface area contributed by atoms with E-state index in [1.54, 1.807) is 6.07 Å². The molecular formula is C43H56N6O3S. The Morgan fingerprint density at radius 3 is 2.42 bits per heavy atom. The van der Waals surface area contributed by atoms with E-state index in [1.807, 2.05) is 37.5 Å². The van der Waals surface area contributed by atoms with Crippen molar-refractivity contribution in [2.45, 2.75) is 122 Å². The third-order valence-corrected chi connectivity index (χ3v) is 13.0. The molecular weight excluding hydrogens is 681 g/mol. The zero-order valence-corrected chi connectivity index (χ0v) is 33.2. The van der Waals surface area contributed by atoms with E-state index in [1.165, 1.54) is 56.9 Å². The lowest BCUT2D eigenvalue weighted by Crippen LogP contribution is -2.37. The molecule has 9 nitrogen and oxygen atoms in total. The molecule has 2 aromatic heterocycles. The number of aryl methyl sites for hydroxylation is 1. The van der Waals surface area contributed by atoms with Crippen LogP contribution in [0.3, 0.4) is 0 Å². The number of aromatic nitrogens is 4. The van der Waals surface area contributed by atoms with Crippen LogP contribution >= 0.6 is 0 Å². The number of hydrogen-bond donors (Lipinski definition) is 1. The van der Waals surface area contributed by atoms with Crippen molar-refractivity contribution in [3.63, 3.8) is 0 Å². The van der Waals surface area contributed by atoms with Gasteiger partial charge in [0.1, 0.15) is 5.82 Å². The lowest BCUT2D eigenvalue weighted by molar-refractivity contribution is 0.165. The molecule has 0 spiro atoms. The zero-order valence-electron chi connectivity index (χ0n) is 32.4. The molecule has 7 rings (SSSR count). The third-order valence-electron chi connectivity index (χ3n) is 11.7. The molecule has 2 atom stereocenters. The summed E-state index contributed by atoms with van der Waals surface area (Å²) >= 11 is 0. The predicted octanol–water partition coefficient (Wildman–Crippen LogP) is 9.23. The largest absolute Gasteiger partial charge is 0.477 e. The van der Waals surface area contributed by atoms with Crippen LogP contribution < -0.4 is 14.4 Å². The Hall–Kier alpha value is -4.05. The predicted molar refractivity (Wildman–Crippen MR) is 212 cm³/mol. The van der Waals surface area contributed by atoms with Gasteiger partial charge in [-0.25, -0.2) is 23.1 Å². The molecule has 2 saturated carbocycles. The molecule has 1 aliphatic heterocycles. The molecule has 4 bridgehead atoms. The molecule has 282 valence electrons. The quantitative estimate of drug-likeness (QED) is 0.191. The van der Waals surface area contributed by atoms with E-state index in [0.29, 0.717) is 36.6 Å². The van der Waals surface area contributed by atoms with Crippen LogP contribution in [0, 0.1) is 31.1 Å². The normalized spacial score (nSPS) is 20.6. The fraction of sp³-hybridized carbons (Fsp3) is 0.535. The highest BCUT2D eigenvalue weighted by Crippen LogP contribution is 2.41. The lowest BCUT2D eigenvalue weighted by atomic mass is 9.74. The fourth-order valence-electron chi connectivity index (χ4n) is 8.65. The first-order chi connectivity index (χ1) is 25.3. The molecule has 0 saturated heterocycles. The van der Waals surface area contributed by atoms with Gasteiger partial charge < -0.3 is 9.64 Å². The summed E-state index contributed by atoms with van der Waals surface area (Å²) in [5.41, 5.74) is 6.70. The van der Waals surface area contributed by atoms with E-state index in [9.17, 15) is 8.42 Å². The minimum Gasteiger partial charge on any atom is -0.477 e. The van der Waals surface area contributed by atoms with Crippen LogP contribution in [0.1, 0.15) is 112 Å². The summed E-state index contributed by atoms with van der Waals surface area (Å²) in [5, 5.41) is 0. The molecule has 2 aromatic carbocycles. The van der Waals surface area contributed by atoms with E-state index in [0.717, 1.165) is 46.6 Å². The van der Waals surface area contributed by atoms with Gasteiger partial charge >= 0.3 is 0 Å². The molecule has 53 heavy (non-hydrogen) atoms. The standard InChI is InChI=1S/C43H56N6O3S/c1-28-13-10-17-32(21-30-14-8-7-9-15-30)39(28)40-29(2)41-47-42(46-40)48-53(50,51)36-20-11-16-31(22-36)37(33(27-52-41)24-43(3,4)5)23-34-25-44-26-38(45-34)49(6)35-18-12-19-35/h10-11,13,16-17,20,22,25-26,30,33,35,37H,7-9,12,14-15,18-19,21,23-24,27H2,1-6H3,(H,46,47,48)/t33-,37?/m1/s1. The summed E-state index contributed by atoms with van der Waals surface area (Å²) in [4.78, 5) is 21.9. The van der Waals surface area contributed by atoms with Crippen LogP contribution in [0.25, 0.3) is 11.3 Å². The first-order valence-electron chi connectivity index (χ1n) is 19.6. The first kappa shape index (κ1) is 37.3. The van der Waals surface area contributed by atoms with Crippen molar-refractivity contribution >= 4 is 21.8 Å². The maximum atomic E-state index is 14.1. The Morgan fingerprint density at radius 2 is 1.68 bits per heavy atom. The molecule has 4 aromatic rings. The van der Waals surface area contributed by atoms with E-state index in [2.05, 4.69) is 67.5 Å². The van der Waals surface area contributed by atoms with Crippen molar-refractivity contribution < 1.29 is 13.2 Å². The average Bonchev–Trinajstić information content (AvgIpc) is 3.09. The van der Waals surface area contributed by atoms with Gasteiger partial charge in [0.05, 0.1) is 29.1 Å². The summed E-state index contributed by atoms with van der Waals surface area (Å²) in [6.45, 7) is 11.3. The summed E-state index contributed by atoms with van der Waals surface area (Å²) in [5.74, 6) is 1.85. The van der Waals surface area contributed by atoms with Gasteiger partial charge in [-0.15, -0.1) is 0 Å². The van der Waals surface area contributed by atoms with Gasteiger partial charge in [-0.1, -0.05) is 83.2 Å². The van der Waals surface area contributed by atoms with E-state index in [-0.39, 0.29) is 28.1 Å². The Kier molecular flexibility index (Phi) is 10.8. The topological polar surface area (TPSA) is 110 Å². The van der Waals surface area contributed by atoms with Crippen molar-refractivity contribution in [1.82, 2.24) is 19.9 Å². The number of benzene rings is 2. The number of sulfonamides is 1. The molecule has 3 aliphatic rings. The van der Waals surface area contributed by atoms with Crippen LogP contribution in [0.4, 0.5) is 11.8 Å². The van der Waals surface area contributed by atoms with E-state index in [4.69, 9.17) is 19.7 Å². The zero-order chi connectivity index (χ0) is 37.3. The van der Waals surface area contributed by atoms with Gasteiger partial charge in [-0.2, -0.15) is 4.98 Å². The van der Waals surface area contributed by atoms with Crippen LogP contribution in [0.2, 0.25) is 0 Å². The Bertz CT molecular complexity index is 2030. The molecule has 0 radical (unpaired) electrons. The SMILES string of the molecule is Cc1cccc(CC2CCCCC2)c1-c1nc2nc(c1C)OC[C@@H](CC(C)(C)C)C(Cc1cncc(N(C)C3CCC3)n1)c1cccc(c1)S(=O)(=O)N2. The van der Waals surface area contributed by atoms with Crippen molar-refractivity contribution in [3.05, 3.63) is 82.8 Å². The Balaban J connectivity index is 1.31. The van der Waals surface area contributed by atoms with E-state index >= 15 is 0 Å². The number of nitrogens with one attached hydrogen (secondary N) is 1. The third kappa shape index (κ3) is 8.53. The summed E-state index contributed by atoms with van der Waals surface area (Å²) in [6.07, 6.45) is 16.0. The van der Waals surface area contributed by atoms with Crippen LogP contribution in [-0.2, 0) is 22.9 Å². The second-order valence-corrected chi connectivity index (χ2v) is 18.7. The van der Waals surface area contributed by atoms with Gasteiger partial charge in [0.2, 0.25) is 11.8 Å². The van der Waals surface area contributed by atoms with Gasteiger partial charge in [-0.3, -0.25) is 4.98 Å². The summed E-state index contributed by atoms with van der Waals surface area (Å²) < 4.78 is 37.8. The van der Waals surface area contributed by atoms with E-state index < -0.39 is 10.0 Å². The van der Waals surface area contributed by atoms with Gasteiger partial charge in [-0.05, 0) is 98.4 Å². The Morgan fingerprint density at radius 1 is 0.906 bits per heavy atom. The van der Waals surface area contributed by atoms with Crippen LogP contribution in [0.15, 0.2) is 59.8 Å². The molecule has 2 fully saturated rings. The first-order valence-corrected chi connectivity index (χ1v) is 21.1. The minimum atomic E-state index is -4.04.